The van der Waals surface area contributed by atoms with Crippen LogP contribution in [0.5, 0.6) is 0 Å². The summed E-state index contributed by atoms with van der Waals surface area (Å²) < 4.78 is 32.1. The lowest BCUT2D eigenvalue weighted by atomic mass is 10.2. The molecular weight excluding hydrogens is 342 g/mol. The van der Waals surface area contributed by atoms with Gasteiger partial charge in [-0.15, -0.1) is 11.3 Å². The van der Waals surface area contributed by atoms with E-state index in [1.54, 1.807) is 19.1 Å². The number of thiophene rings is 1. The molecule has 1 aromatic heterocycles. The maximum Gasteiger partial charge on any atom is 0.348 e. The highest BCUT2D eigenvalue weighted by Gasteiger charge is 2.22. The summed E-state index contributed by atoms with van der Waals surface area (Å²) in [6.07, 6.45) is 0. The highest BCUT2D eigenvalue weighted by molar-refractivity contribution is 7.89. The summed E-state index contributed by atoms with van der Waals surface area (Å²) in [5, 5.41) is 9.38. The van der Waals surface area contributed by atoms with Crippen LogP contribution in [0.2, 0.25) is 0 Å². The summed E-state index contributed by atoms with van der Waals surface area (Å²) in [6, 6.07) is 4.64. The first-order valence-corrected chi connectivity index (χ1v) is 9.00. The molecule has 0 radical (unpaired) electrons. The van der Waals surface area contributed by atoms with E-state index < -0.39 is 28.0 Å². The number of esters is 1. The number of nitrogens with one attached hydrogen (secondary N) is 1. The van der Waals surface area contributed by atoms with Gasteiger partial charge in [0.25, 0.3) is 0 Å². The molecule has 1 unspecified atom stereocenters. The van der Waals surface area contributed by atoms with E-state index in [1.165, 1.54) is 30.4 Å². The molecule has 0 spiro atoms. The first-order chi connectivity index (χ1) is 10.7. The fourth-order valence-corrected chi connectivity index (χ4v) is 4.01. The van der Waals surface area contributed by atoms with Gasteiger partial charge < -0.3 is 9.84 Å². The van der Waals surface area contributed by atoms with Gasteiger partial charge in [0.05, 0.1) is 11.5 Å². The fourth-order valence-electron chi connectivity index (χ4n) is 1.84. The summed E-state index contributed by atoms with van der Waals surface area (Å²) in [5.41, 5.74) is 0. The fraction of sp³-hybridized carbons (Fsp3) is 0.286. The Morgan fingerprint density at radius 2 is 2.04 bits per heavy atom. The molecule has 124 valence electrons. The minimum Gasteiger partial charge on any atom is -0.480 e. The lowest BCUT2D eigenvalue weighted by Gasteiger charge is -2.10. The number of carboxylic acids is 1. The van der Waals surface area contributed by atoms with Crippen molar-refractivity contribution in [1.82, 2.24) is 4.72 Å². The monoisotopic (exact) mass is 357 g/mol. The van der Waals surface area contributed by atoms with E-state index >= 15 is 0 Å². The molecule has 0 fully saturated rings. The van der Waals surface area contributed by atoms with Gasteiger partial charge in [-0.1, -0.05) is 0 Å². The predicted octanol–water partition coefficient (Wildman–Crippen LogP) is 1.83. The Bertz CT molecular complexity index is 855. The Morgan fingerprint density at radius 1 is 1.35 bits per heavy atom. The molecule has 9 heteroatoms. The van der Waals surface area contributed by atoms with Gasteiger partial charge in [-0.05, 0) is 43.5 Å². The van der Waals surface area contributed by atoms with E-state index in [2.05, 4.69) is 4.72 Å². The number of hydrogen-bond acceptors (Lipinski definition) is 6. The SMILES string of the molecule is CCOC(=O)c1cc2cc(S(=O)(=O)NC(C)C(=O)O)ccc2s1. The van der Waals surface area contributed by atoms with Gasteiger partial charge in [-0.2, -0.15) is 4.72 Å². The van der Waals surface area contributed by atoms with Crippen molar-refractivity contribution in [2.75, 3.05) is 6.61 Å². The number of carbonyl (C=O) groups excluding carboxylic acids is 1. The van der Waals surface area contributed by atoms with Crippen molar-refractivity contribution in [2.24, 2.45) is 0 Å². The number of hydrogen-bond donors (Lipinski definition) is 2. The standard InChI is InChI=1S/C14H15NO6S2/c1-3-21-14(18)12-7-9-6-10(4-5-11(9)22-12)23(19,20)15-8(2)13(16)17/h4-8,15H,3H2,1-2H3,(H,16,17). The Labute approximate surface area is 136 Å². The normalized spacial score (nSPS) is 13.0. The third-order valence-electron chi connectivity index (χ3n) is 2.98. The Morgan fingerprint density at radius 3 is 2.65 bits per heavy atom. The van der Waals surface area contributed by atoms with Gasteiger partial charge in [0, 0.05) is 4.70 Å². The van der Waals surface area contributed by atoms with E-state index in [0.29, 0.717) is 10.3 Å². The number of fused-ring (bicyclic) bond motifs is 1. The van der Waals surface area contributed by atoms with E-state index in [4.69, 9.17) is 9.84 Å². The molecule has 0 saturated carbocycles. The maximum absolute atomic E-state index is 12.2. The smallest absolute Gasteiger partial charge is 0.348 e. The lowest BCUT2D eigenvalue weighted by Crippen LogP contribution is -2.38. The van der Waals surface area contributed by atoms with Crippen molar-refractivity contribution in [3.63, 3.8) is 0 Å². The van der Waals surface area contributed by atoms with Crippen molar-refractivity contribution in [1.29, 1.82) is 0 Å². The second kappa shape index (κ2) is 6.65. The molecule has 0 bridgehead atoms. The predicted molar refractivity (Wildman–Crippen MR) is 85.2 cm³/mol. The van der Waals surface area contributed by atoms with Crippen molar-refractivity contribution < 1.29 is 27.9 Å². The average Bonchev–Trinajstić information content (AvgIpc) is 2.90. The molecule has 1 atom stereocenters. The highest BCUT2D eigenvalue weighted by atomic mass is 32.2. The molecule has 0 aliphatic rings. The van der Waals surface area contributed by atoms with E-state index in [-0.39, 0.29) is 11.5 Å². The second-order valence-electron chi connectivity index (χ2n) is 4.71. The van der Waals surface area contributed by atoms with Crippen LogP contribution in [0.1, 0.15) is 23.5 Å². The molecular formula is C14H15NO6S2. The average molecular weight is 357 g/mol. The molecule has 2 N–H and O–H groups in total. The number of aliphatic carboxylic acids is 1. The number of rotatable bonds is 6. The highest BCUT2D eigenvalue weighted by Crippen LogP contribution is 2.28. The molecule has 0 aliphatic heterocycles. The molecule has 2 rings (SSSR count). The molecule has 1 aromatic carbocycles. The zero-order chi connectivity index (χ0) is 17.2. The quantitative estimate of drug-likeness (QED) is 0.763. The summed E-state index contributed by atoms with van der Waals surface area (Å²) >= 11 is 1.20. The van der Waals surface area contributed by atoms with Crippen molar-refractivity contribution in [3.05, 3.63) is 29.1 Å². The van der Waals surface area contributed by atoms with Gasteiger partial charge in [0.15, 0.2) is 0 Å². The van der Waals surface area contributed by atoms with Crippen LogP contribution in [0.3, 0.4) is 0 Å². The van der Waals surface area contributed by atoms with E-state index in [1.807, 2.05) is 0 Å². The molecule has 1 heterocycles. The third kappa shape index (κ3) is 3.87. The largest absolute Gasteiger partial charge is 0.480 e. The van der Waals surface area contributed by atoms with Crippen LogP contribution >= 0.6 is 11.3 Å². The molecule has 0 saturated heterocycles. The van der Waals surface area contributed by atoms with E-state index in [0.717, 1.165) is 4.70 Å². The third-order valence-corrected chi connectivity index (χ3v) is 5.61. The van der Waals surface area contributed by atoms with E-state index in [9.17, 15) is 18.0 Å². The molecule has 7 nitrogen and oxygen atoms in total. The van der Waals surface area contributed by atoms with Gasteiger partial charge in [-0.3, -0.25) is 4.79 Å². The van der Waals surface area contributed by atoms with Gasteiger partial charge in [0.2, 0.25) is 10.0 Å². The first kappa shape index (κ1) is 17.4. The lowest BCUT2D eigenvalue weighted by molar-refractivity contribution is -0.138. The Hall–Kier alpha value is -1.97. The minimum absolute atomic E-state index is 0.0636. The number of ether oxygens (including phenoxy) is 1. The molecule has 0 amide bonds. The van der Waals surface area contributed by atoms with Crippen LogP contribution in [0.25, 0.3) is 10.1 Å². The van der Waals surface area contributed by atoms with Crippen LogP contribution in [-0.2, 0) is 19.6 Å². The van der Waals surface area contributed by atoms with Crippen LogP contribution in [0, 0.1) is 0 Å². The summed E-state index contributed by atoms with van der Waals surface area (Å²) in [7, 11) is -3.96. The number of carboxylic acid groups (broad SMARTS) is 1. The summed E-state index contributed by atoms with van der Waals surface area (Å²) in [4.78, 5) is 22.8. The van der Waals surface area contributed by atoms with Crippen molar-refractivity contribution in [3.8, 4) is 0 Å². The van der Waals surface area contributed by atoms with Gasteiger partial charge >= 0.3 is 11.9 Å². The number of benzene rings is 1. The maximum atomic E-state index is 12.2. The van der Waals surface area contributed by atoms with Crippen LogP contribution in [0.15, 0.2) is 29.2 Å². The number of sulfonamides is 1. The summed E-state index contributed by atoms with van der Waals surface area (Å²) in [6.45, 7) is 3.19. The summed E-state index contributed by atoms with van der Waals surface area (Å²) in [5.74, 6) is -1.73. The number of carbonyl (C=O) groups is 2. The van der Waals surface area contributed by atoms with Crippen LogP contribution in [-0.4, -0.2) is 38.1 Å². The topological polar surface area (TPSA) is 110 Å². The van der Waals surface area contributed by atoms with Gasteiger partial charge in [-0.25, -0.2) is 13.2 Å². The Kier molecular flexibility index (Phi) is 5.03. The molecule has 0 aliphatic carbocycles. The first-order valence-electron chi connectivity index (χ1n) is 6.70. The van der Waals surface area contributed by atoms with Gasteiger partial charge in [0.1, 0.15) is 10.9 Å². The second-order valence-corrected chi connectivity index (χ2v) is 7.51. The van der Waals surface area contributed by atoms with Crippen LogP contribution in [0.4, 0.5) is 0 Å². The van der Waals surface area contributed by atoms with Crippen molar-refractivity contribution >= 4 is 43.4 Å². The minimum atomic E-state index is -3.96. The molecule has 23 heavy (non-hydrogen) atoms. The zero-order valence-corrected chi connectivity index (χ0v) is 14.0. The zero-order valence-electron chi connectivity index (χ0n) is 12.4. The Balaban J connectivity index is 2.36. The van der Waals surface area contributed by atoms with Crippen LogP contribution < -0.4 is 4.72 Å². The van der Waals surface area contributed by atoms with Crippen molar-refractivity contribution in [2.45, 2.75) is 24.8 Å². The molecule has 2 aromatic rings.